The van der Waals surface area contributed by atoms with Gasteiger partial charge in [-0.3, -0.25) is 9.59 Å². The van der Waals surface area contributed by atoms with Crippen molar-refractivity contribution >= 4 is 22.8 Å². The molecule has 0 aliphatic carbocycles. The van der Waals surface area contributed by atoms with E-state index in [9.17, 15) is 22.8 Å². The van der Waals surface area contributed by atoms with E-state index in [0.29, 0.717) is 29.2 Å². The van der Waals surface area contributed by atoms with E-state index in [4.69, 9.17) is 5.73 Å². The number of hydrogen-bond donors (Lipinski definition) is 3. The maximum atomic E-state index is 13.1. The Hall–Kier alpha value is -3.58. The second-order valence-electron chi connectivity index (χ2n) is 8.87. The lowest BCUT2D eigenvalue weighted by atomic mass is 10.1. The highest BCUT2D eigenvalue weighted by Crippen LogP contribution is 2.29. The predicted molar refractivity (Wildman–Crippen MR) is 130 cm³/mol. The number of nitrogens with two attached hydrogens (primary N) is 1. The molecule has 0 saturated carbocycles. The summed E-state index contributed by atoms with van der Waals surface area (Å²) in [4.78, 5) is 44.0. The number of halogens is 3. The number of benzene rings is 1. The molecule has 1 atom stereocenters. The number of piperazine rings is 1. The highest BCUT2D eigenvalue weighted by molar-refractivity contribution is 5.97. The van der Waals surface area contributed by atoms with Gasteiger partial charge >= 0.3 is 6.18 Å². The maximum absolute atomic E-state index is 13.1. The highest BCUT2D eigenvalue weighted by Gasteiger charge is 2.35. The van der Waals surface area contributed by atoms with Crippen molar-refractivity contribution in [3.05, 3.63) is 53.4 Å². The zero-order chi connectivity index (χ0) is 26.6. The van der Waals surface area contributed by atoms with Crippen LogP contribution in [0, 0.1) is 0 Å². The van der Waals surface area contributed by atoms with E-state index < -0.39 is 29.5 Å². The summed E-state index contributed by atoms with van der Waals surface area (Å²) in [6, 6.07) is 5.45. The molecule has 10 nitrogen and oxygen atoms in total. The van der Waals surface area contributed by atoms with Crippen molar-refractivity contribution in [2.45, 2.75) is 25.4 Å². The first-order chi connectivity index (χ1) is 17.7. The Labute approximate surface area is 211 Å². The van der Waals surface area contributed by atoms with E-state index in [1.807, 2.05) is 0 Å². The standard InChI is InChI=1S/C24H29F3N8O2/c1-2-34-10-12-35(13-11-34)9-3-7-30-23(37)15-4-5-16-17(14-15)32-22(31-16)19(20(28)36)21-29-8-6-18(33-21)24(25,26)27/h4-6,8,14,19H,2-3,7,9-13H2,1H3,(H2,28,36)(H,30,37)(H,31,32). The van der Waals surface area contributed by atoms with Gasteiger partial charge in [-0.1, -0.05) is 6.92 Å². The monoisotopic (exact) mass is 518 g/mol. The first-order valence-electron chi connectivity index (χ1n) is 12.1. The molecular weight excluding hydrogens is 489 g/mol. The zero-order valence-corrected chi connectivity index (χ0v) is 20.4. The molecule has 4 rings (SSSR count). The smallest absolute Gasteiger partial charge is 0.369 e. The molecule has 198 valence electrons. The zero-order valence-electron chi connectivity index (χ0n) is 20.4. The van der Waals surface area contributed by atoms with E-state index in [2.05, 4.69) is 42.0 Å². The third-order valence-electron chi connectivity index (χ3n) is 6.39. The number of nitrogens with one attached hydrogen (secondary N) is 2. The predicted octanol–water partition coefficient (Wildman–Crippen LogP) is 1.75. The van der Waals surface area contributed by atoms with E-state index in [1.165, 1.54) is 0 Å². The molecule has 4 N–H and O–H groups in total. The summed E-state index contributed by atoms with van der Waals surface area (Å²) >= 11 is 0. The number of H-pyrrole nitrogens is 1. The van der Waals surface area contributed by atoms with Gasteiger partial charge in [0.15, 0.2) is 5.92 Å². The van der Waals surface area contributed by atoms with Crippen LogP contribution in [-0.4, -0.2) is 87.4 Å². The minimum Gasteiger partial charge on any atom is -0.369 e. The lowest BCUT2D eigenvalue weighted by molar-refractivity contribution is -0.141. The van der Waals surface area contributed by atoms with Gasteiger partial charge in [0.2, 0.25) is 5.91 Å². The van der Waals surface area contributed by atoms with Gasteiger partial charge in [0.25, 0.3) is 5.91 Å². The van der Waals surface area contributed by atoms with E-state index in [1.54, 1.807) is 18.2 Å². The highest BCUT2D eigenvalue weighted by atomic mass is 19.4. The Balaban J connectivity index is 1.41. The summed E-state index contributed by atoms with van der Waals surface area (Å²) in [5.41, 5.74) is 5.49. The quantitative estimate of drug-likeness (QED) is 0.368. The van der Waals surface area contributed by atoms with Crippen LogP contribution in [0.2, 0.25) is 0 Å². The summed E-state index contributed by atoms with van der Waals surface area (Å²) in [7, 11) is 0. The lowest BCUT2D eigenvalue weighted by Gasteiger charge is -2.33. The summed E-state index contributed by atoms with van der Waals surface area (Å²) < 4.78 is 39.3. The van der Waals surface area contributed by atoms with Crippen molar-refractivity contribution < 1.29 is 22.8 Å². The van der Waals surface area contributed by atoms with Crippen LogP contribution in [-0.2, 0) is 11.0 Å². The molecule has 1 unspecified atom stereocenters. The fourth-order valence-electron chi connectivity index (χ4n) is 4.30. The topological polar surface area (TPSA) is 133 Å². The Morgan fingerprint density at radius 2 is 1.86 bits per heavy atom. The summed E-state index contributed by atoms with van der Waals surface area (Å²) in [6.45, 7) is 8.83. The second-order valence-corrected chi connectivity index (χ2v) is 8.87. The van der Waals surface area contributed by atoms with Gasteiger partial charge in [-0.2, -0.15) is 13.2 Å². The SMILES string of the molecule is CCN1CCN(CCCNC(=O)c2ccc3nc(C(C(N)=O)c4nccc(C(F)(F)F)n4)[nH]c3c2)CC1. The molecule has 2 aromatic heterocycles. The van der Waals surface area contributed by atoms with Crippen LogP contribution in [0.3, 0.4) is 0 Å². The normalized spacial score (nSPS) is 16.1. The van der Waals surface area contributed by atoms with Crippen LogP contribution in [0.5, 0.6) is 0 Å². The van der Waals surface area contributed by atoms with Gasteiger partial charge in [0, 0.05) is 44.5 Å². The number of likely N-dealkylation sites (N-methyl/N-ethyl adjacent to an activating group) is 1. The third kappa shape index (κ3) is 6.41. The molecule has 3 aromatic rings. The van der Waals surface area contributed by atoms with Crippen molar-refractivity contribution in [1.82, 2.24) is 35.1 Å². The number of alkyl halides is 3. The van der Waals surface area contributed by atoms with Crippen molar-refractivity contribution in [1.29, 1.82) is 0 Å². The van der Waals surface area contributed by atoms with Crippen LogP contribution < -0.4 is 11.1 Å². The summed E-state index contributed by atoms with van der Waals surface area (Å²) in [5, 5.41) is 2.91. The molecule has 1 aliphatic rings. The lowest BCUT2D eigenvalue weighted by Crippen LogP contribution is -2.46. The third-order valence-corrected chi connectivity index (χ3v) is 6.39. The number of rotatable bonds is 9. The molecule has 37 heavy (non-hydrogen) atoms. The second kappa shape index (κ2) is 11.2. The number of primary amides is 1. The number of fused-ring (bicyclic) bond motifs is 1. The maximum Gasteiger partial charge on any atom is 0.433 e. The number of aromatic nitrogens is 4. The van der Waals surface area contributed by atoms with E-state index in [-0.39, 0.29) is 11.7 Å². The average Bonchev–Trinajstić information content (AvgIpc) is 3.29. The van der Waals surface area contributed by atoms with Gasteiger partial charge in [0.1, 0.15) is 17.3 Å². The van der Waals surface area contributed by atoms with Crippen LogP contribution >= 0.6 is 0 Å². The van der Waals surface area contributed by atoms with E-state index in [0.717, 1.165) is 51.9 Å². The first kappa shape index (κ1) is 26.5. The molecule has 1 aromatic carbocycles. The Morgan fingerprint density at radius 3 is 2.54 bits per heavy atom. The molecule has 1 saturated heterocycles. The van der Waals surface area contributed by atoms with Crippen LogP contribution in [0.25, 0.3) is 11.0 Å². The number of carbonyl (C=O) groups excluding carboxylic acids is 2. The number of hydrogen-bond acceptors (Lipinski definition) is 7. The number of aromatic amines is 1. The van der Waals surface area contributed by atoms with Crippen molar-refractivity contribution in [3.8, 4) is 0 Å². The largest absolute Gasteiger partial charge is 0.433 e. The molecule has 0 radical (unpaired) electrons. The Kier molecular flexibility index (Phi) is 8.03. The van der Waals surface area contributed by atoms with Crippen molar-refractivity contribution in [3.63, 3.8) is 0 Å². The van der Waals surface area contributed by atoms with Crippen LogP contribution in [0.1, 0.15) is 47.0 Å². The number of imidazole rings is 1. The van der Waals surface area contributed by atoms with Gasteiger partial charge < -0.3 is 25.8 Å². The Bertz CT molecular complexity index is 1250. The van der Waals surface area contributed by atoms with Crippen molar-refractivity contribution in [2.75, 3.05) is 45.8 Å². The first-order valence-corrected chi connectivity index (χ1v) is 12.1. The van der Waals surface area contributed by atoms with Crippen LogP contribution in [0.4, 0.5) is 13.2 Å². The fourth-order valence-corrected chi connectivity index (χ4v) is 4.30. The summed E-state index contributed by atoms with van der Waals surface area (Å²) in [6.07, 6.45) is -2.97. The number of nitrogens with zero attached hydrogens (tertiary/aromatic N) is 5. The van der Waals surface area contributed by atoms with E-state index >= 15 is 0 Å². The molecule has 0 bridgehead atoms. The Morgan fingerprint density at radius 1 is 1.14 bits per heavy atom. The minimum atomic E-state index is -4.71. The molecule has 2 amide bonds. The number of carbonyl (C=O) groups is 2. The van der Waals surface area contributed by atoms with Gasteiger partial charge in [-0.25, -0.2) is 15.0 Å². The fraction of sp³-hybridized carbons (Fsp3) is 0.458. The van der Waals surface area contributed by atoms with Gasteiger partial charge in [-0.05, 0) is 43.8 Å². The number of amides is 2. The molecular formula is C24H29F3N8O2. The van der Waals surface area contributed by atoms with Crippen LogP contribution in [0.15, 0.2) is 30.5 Å². The van der Waals surface area contributed by atoms with Crippen molar-refractivity contribution in [2.24, 2.45) is 5.73 Å². The minimum absolute atomic E-state index is 0.0115. The molecule has 0 spiro atoms. The summed E-state index contributed by atoms with van der Waals surface area (Å²) in [5.74, 6) is -3.09. The average molecular weight is 519 g/mol. The molecule has 13 heteroatoms. The van der Waals surface area contributed by atoms with Gasteiger partial charge in [-0.15, -0.1) is 0 Å². The molecule has 3 heterocycles. The van der Waals surface area contributed by atoms with Gasteiger partial charge in [0.05, 0.1) is 11.0 Å². The molecule has 1 fully saturated rings. The molecule has 1 aliphatic heterocycles.